The van der Waals surface area contributed by atoms with E-state index in [1.54, 1.807) is 36.2 Å². The van der Waals surface area contributed by atoms with Crippen molar-refractivity contribution in [1.82, 2.24) is 0 Å². The van der Waals surface area contributed by atoms with Crippen molar-refractivity contribution in [2.24, 2.45) is 0 Å². The van der Waals surface area contributed by atoms with Gasteiger partial charge in [0.1, 0.15) is 6.73 Å². The Morgan fingerprint density at radius 2 is 1.88 bits per heavy atom. The van der Waals surface area contributed by atoms with Gasteiger partial charge in [0.2, 0.25) is 0 Å². The molecule has 1 rings (SSSR count). The number of carbonyl (C=O) groups excluding carboxylic acids is 2. The molecule has 1 N–H and O–H groups in total. The fraction of sp³-hybridized carbons (Fsp3) is 0.333. The predicted octanol–water partition coefficient (Wildman–Crippen LogP) is 1.53. The molecule has 0 heterocycles. The molecule has 0 atom stereocenters. The number of benzene rings is 1. The van der Waals surface area contributed by atoms with Crippen LogP contribution in [0.1, 0.15) is 17.3 Å². The van der Waals surface area contributed by atoms with Crippen LogP contribution in [0.15, 0.2) is 24.3 Å². The van der Waals surface area contributed by atoms with Crippen molar-refractivity contribution in [3.63, 3.8) is 0 Å². The van der Waals surface area contributed by atoms with Crippen LogP contribution in [0.5, 0.6) is 0 Å². The fourth-order valence-electron chi connectivity index (χ4n) is 1.23. The molecule has 0 aromatic heterocycles. The highest BCUT2D eigenvalue weighted by Crippen LogP contribution is 2.15. The van der Waals surface area contributed by atoms with E-state index in [1.165, 1.54) is 6.92 Å². The number of carbonyl (C=O) groups is 2. The van der Waals surface area contributed by atoms with E-state index in [1.807, 2.05) is 0 Å². The van der Waals surface area contributed by atoms with Crippen LogP contribution < -0.4 is 4.90 Å². The normalized spacial score (nSPS) is 10.1. The summed E-state index contributed by atoms with van der Waals surface area (Å²) in [6, 6.07) is 6.93. The Bertz CT molecular complexity index is 403. The van der Waals surface area contributed by atoms with Gasteiger partial charge in [-0.3, -0.25) is 9.59 Å². The number of aliphatic hydroxyl groups is 1. The van der Waals surface area contributed by atoms with Gasteiger partial charge in [0.05, 0.1) is 5.75 Å². The van der Waals surface area contributed by atoms with E-state index in [2.05, 4.69) is 0 Å². The first-order valence-electron chi connectivity index (χ1n) is 5.13. The number of rotatable bonds is 5. The fourth-order valence-corrected chi connectivity index (χ4v) is 1.73. The molecule has 0 aliphatic rings. The Morgan fingerprint density at radius 3 is 2.35 bits per heavy atom. The van der Waals surface area contributed by atoms with E-state index in [-0.39, 0.29) is 23.4 Å². The minimum Gasteiger partial charge on any atom is -0.376 e. The molecular formula is C12H15NO3S. The number of anilines is 1. The molecule has 0 spiro atoms. The van der Waals surface area contributed by atoms with Gasteiger partial charge in [-0.05, 0) is 24.3 Å². The van der Waals surface area contributed by atoms with E-state index in [0.717, 1.165) is 17.4 Å². The average molecular weight is 253 g/mol. The lowest BCUT2D eigenvalue weighted by Crippen LogP contribution is -2.17. The summed E-state index contributed by atoms with van der Waals surface area (Å²) in [5.41, 5.74) is 1.41. The summed E-state index contributed by atoms with van der Waals surface area (Å²) in [6.45, 7) is 1.37. The first-order valence-corrected chi connectivity index (χ1v) is 6.11. The van der Waals surface area contributed by atoms with Gasteiger partial charge in [-0.2, -0.15) is 0 Å². The highest BCUT2D eigenvalue weighted by Gasteiger charge is 2.08. The van der Waals surface area contributed by atoms with Crippen molar-refractivity contribution < 1.29 is 14.7 Å². The van der Waals surface area contributed by atoms with E-state index in [4.69, 9.17) is 5.11 Å². The summed E-state index contributed by atoms with van der Waals surface area (Å²) in [6.07, 6.45) is 0. The largest absolute Gasteiger partial charge is 0.376 e. The first kappa shape index (κ1) is 13.7. The number of hydrogen-bond acceptors (Lipinski definition) is 5. The van der Waals surface area contributed by atoms with Crippen LogP contribution in [0.25, 0.3) is 0 Å². The summed E-state index contributed by atoms with van der Waals surface area (Å²) < 4.78 is 0. The van der Waals surface area contributed by atoms with Crippen LogP contribution in [0.2, 0.25) is 0 Å². The maximum atomic E-state index is 11.7. The van der Waals surface area contributed by atoms with Crippen molar-refractivity contribution in [3.05, 3.63) is 29.8 Å². The third kappa shape index (κ3) is 4.20. The molecule has 0 aliphatic heterocycles. The lowest BCUT2D eigenvalue weighted by molar-refractivity contribution is -0.109. The minimum absolute atomic E-state index is 0.0602. The van der Waals surface area contributed by atoms with E-state index >= 15 is 0 Å². The van der Waals surface area contributed by atoms with Crippen molar-refractivity contribution in [3.8, 4) is 0 Å². The zero-order valence-corrected chi connectivity index (χ0v) is 10.7. The summed E-state index contributed by atoms with van der Waals surface area (Å²) >= 11 is 1.01. The van der Waals surface area contributed by atoms with Gasteiger partial charge < -0.3 is 10.0 Å². The molecule has 1 aromatic rings. The monoisotopic (exact) mass is 253 g/mol. The number of thioether (sulfide) groups is 1. The number of hydrogen-bond donors (Lipinski definition) is 1. The van der Waals surface area contributed by atoms with Crippen LogP contribution in [-0.4, -0.2) is 35.5 Å². The third-order valence-corrected chi connectivity index (χ3v) is 3.06. The van der Waals surface area contributed by atoms with Crippen LogP contribution in [-0.2, 0) is 4.79 Å². The summed E-state index contributed by atoms with van der Waals surface area (Å²) in [5.74, 6) is 0.105. The van der Waals surface area contributed by atoms with Crippen LogP contribution in [0, 0.1) is 0 Å². The molecule has 0 bridgehead atoms. The molecule has 92 valence electrons. The Labute approximate surface area is 105 Å². The second-order valence-corrected chi connectivity index (χ2v) is 4.74. The highest BCUT2D eigenvalue weighted by atomic mass is 32.2. The lowest BCUT2D eigenvalue weighted by Gasteiger charge is -2.15. The van der Waals surface area contributed by atoms with Gasteiger partial charge in [0.15, 0.2) is 10.9 Å². The van der Waals surface area contributed by atoms with Gasteiger partial charge in [0.25, 0.3) is 0 Å². The molecule has 1 aromatic carbocycles. The van der Waals surface area contributed by atoms with Crippen LogP contribution in [0.3, 0.4) is 0 Å². The second-order valence-electron chi connectivity index (χ2n) is 3.59. The summed E-state index contributed by atoms with van der Waals surface area (Å²) in [5, 5.41) is 8.87. The zero-order valence-electron chi connectivity index (χ0n) is 9.84. The Balaban J connectivity index is 2.67. The van der Waals surface area contributed by atoms with Gasteiger partial charge in [0, 0.05) is 25.2 Å². The van der Waals surface area contributed by atoms with E-state index in [9.17, 15) is 9.59 Å². The van der Waals surface area contributed by atoms with Crippen LogP contribution in [0.4, 0.5) is 5.69 Å². The molecule has 0 amide bonds. The smallest absolute Gasteiger partial charge is 0.186 e. The molecule has 0 saturated carbocycles. The first-order chi connectivity index (χ1) is 8.04. The Hall–Kier alpha value is -1.33. The van der Waals surface area contributed by atoms with E-state index in [0.29, 0.717) is 5.56 Å². The quantitative estimate of drug-likeness (QED) is 0.637. The molecule has 4 nitrogen and oxygen atoms in total. The van der Waals surface area contributed by atoms with Crippen molar-refractivity contribution >= 4 is 28.3 Å². The summed E-state index contributed by atoms with van der Waals surface area (Å²) in [7, 11) is 1.75. The Morgan fingerprint density at radius 1 is 1.29 bits per heavy atom. The average Bonchev–Trinajstić information content (AvgIpc) is 2.35. The van der Waals surface area contributed by atoms with Crippen molar-refractivity contribution in [2.75, 3.05) is 24.4 Å². The van der Waals surface area contributed by atoms with Crippen molar-refractivity contribution in [1.29, 1.82) is 0 Å². The zero-order chi connectivity index (χ0) is 12.8. The molecule has 0 fully saturated rings. The molecule has 0 unspecified atom stereocenters. The van der Waals surface area contributed by atoms with Crippen molar-refractivity contribution in [2.45, 2.75) is 6.92 Å². The number of nitrogens with zero attached hydrogens (tertiary/aromatic N) is 1. The molecular weight excluding hydrogens is 238 g/mol. The topological polar surface area (TPSA) is 57.6 Å². The highest BCUT2D eigenvalue weighted by molar-refractivity contribution is 8.14. The van der Waals surface area contributed by atoms with Crippen LogP contribution >= 0.6 is 11.8 Å². The van der Waals surface area contributed by atoms with Gasteiger partial charge >= 0.3 is 0 Å². The SMILES string of the molecule is CC(=O)SCC(=O)c1ccc(N(C)CO)cc1. The lowest BCUT2D eigenvalue weighted by atomic mass is 10.1. The maximum absolute atomic E-state index is 11.7. The molecule has 17 heavy (non-hydrogen) atoms. The maximum Gasteiger partial charge on any atom is 0.186 e. The van der Waals surface area contributed by atoms with Gasteiger partial charge in [-0.1, -0.05) is 11.8 Å². The molecule has 0 radical (unpaired) electrons. The second kappa shape index (κ2) is 6.42. The predicted molar refractivity (Wildman–Crippen MR) is 69.4 cm³/mol. The molecule has 0 saturated heterocycles. The van der Waals surface area contributed by atoms with Gasteiger partial charge in [-0.25, -0.2) is 0 Å². The Kier molecular flexibility index (Phi) is 5.18. The van der Waals surface area contributed by atoms with Gasteiger partial charge in [-0.15, -0.1) is 0 Å². The summed E-state index contributed by atoms with van der Waals surface area (Å²) in [4.78, 5) is 24.1. The number of Topliss-reactive ketones (excluding diaryl/α,β-unsaturated/α-hetero) is 1. The molecule has 0 aliphatic carbocycles. The third-order valence-electron chi connectivity index (χ3n) is 2.25. The minimum atomic E-state index is -0.0759. The molecule has 5 heteroatoms. The standard InChI is InChI=1S/C12H15NO3S/c1-9(15)17-7-12(16)10-3-5-11(6-4-10)13(2)8-14/h3-6,14H,7-8H2,1-2H3. The number of ketones is 1. The van der Waals surface area contributed by atoms with E-state index < -0.39 is 0 Å². The number of aliphatic hydroxyl groups excluding tert-OH is 1.